The zero-order valence-corrected chi connectivity index (χ0v) is 13.1. The zero-order chi connectivity index (χ0) is 15.7. The standard InChI is InChI=1S/C16H25NO5/c1-11(22-10-12-3-2-8-21-12)14(18)17-6-4-16(5-7-17)9-13(16)15(19)20/h11-13H,2-10H2,1H3,(H,19,20). The molecule has 0 radical (unpaired) electrons. The highest BCUT2D eigenvalue weighted by Crippen LogP contribution is 2.59. The number of carbonyl (C=O) groups excluding carboxylic acids is 1. The number of carboxylic acids is 1. The molecule has 1 spiro atoms. The van der Waals surface area contributed by atoms with Crippen molar-refractivity contribution in [2.45, 2.75) is 51.2 Å². The van der Waals surface area contributed by atoms with Crippen LogP contribution in [0.2, 0.25) is 0 Å². The van der Waals surface area contributed by atoms with Crippen LogP contribution in [0.1, 0.15) is 39.0 Å². The lowest BCUT2D eigenvalue weighted by Crippen LogP contribution is -2.45. The van der Waals surface area contributed by atoms with Gasteiger partial charge >= 0.3 is 5.97 Å². The molecule has 1 aliphatic carbocycles. The molecule has 3 fully saturated rings. The summed E-state index contributed by atoms with van der Waals surface area (Å²) in [4.78, 5) is 25.3. The summed E-state index contributed by atoms with van der Waals surface area (Å²) in [7, 11) is 0. The van der Waals surface area contributed by atoms with Gasteiger partial charge in [0, 0.05) is 19.7 Å². The average molecular weight is 311 g/mol. The van der Waals surface area contributed by atoms with E-state index in [1.54, 1.807) is 6.92 Å². The summed E-state index contributed by atoms with van der Waals surface area (Å²) in [6.07, 6.45) is 4.12. The van der Waals surface area contributed by atoms with Gasteiger partial charge < -0.3 is 19.5 Å². The number of hydrogen-bond donors (Lipinski definition) is 1. The largest absolute Gasteiger partial charge is 0.481 e. The Bertz CT molecular complexity index is 438. The summed E-state index contributed by atoms with van der Waals surface area (Å²) < 4.78 is 11.2. The molecule has 0 bridgehead atoms. The lowest BCUT2D eigenvalue weighted by Gasteiger charge is -2.34. The van der Waals surface area contributed by atoms with Crippen molar-refractivity contribution in [3.05, 3.63) is 0 Å². The van der Waals surface area contributed by atoms with Gasteiger partial charge in [0.25, 0.3) is 5.91 Å². The normalized spacial score (nSPS) is 31.2. The first-order valence-corrected chi connectivity index (χ1v) is 8.27. The lowest BCUT2D eigenvalue weighted by atomic mass is 9.90. The maximum absolute atomic E-state index is 12.4. The fourth-order valence-electron chi connectivity index (χ4n) is 3.78. The molecule has 0 aromatic carbocycles. The molecule has 22 heavy (non-hydrogen) atoms. The second-order valence-corrected chi connectivity index (χ2v) is 6.89. The number of rotatable bonds is 5. The lowest BCUT2D eigenvalue weighted by molar-refractivity contribution is -0.146. The van der Waals surface area contributed by atoms with Crippen LogP contribution < -0.4 is 0 Å². The monoisotopic (exact) mass is 311 g/mol. The van der Waals surface area contributed by atoms with Crippen LogP contribution in [-0.4, -0.2) is 60.4 Å². The van der Waals surface area contributed by atoms with Crippen LogP contribution in [0.3, 0.4) is 0 Å². The van der Waals surface area contributed by atoms with Crippen molar-refractivity contribution in [2.75, 3.05) is 26.3 Å². The van der Waals surface area contributed by atoms with E-state index in [-0.39, 0.29) is 23.3 Å². The van der Waals surface area contributed by atoms with Gasteiger partial charge in [-0.3, -0.25) is 9.59 Å². The number of aliphatic carboxylic acids is 1. The van der Waals surface area contributed by atoms with E-state index < -0.39 is 12.1 Å². The summed E-state index contributed by atoms with van der Waals surface area (Å²) in [6, 6.07) is 0. The first kappa shape index (κ1) is 15.7. The third kappa shape index (κ3) is 3.13. The van der Waals surface area contributed by atoms with Crippen molar-refractivity contribution in [2.24, 2.45) is 11.3 Å². The molecule has 2 heterocycles. The first-order chi connectivity index (χ1) is 10.5. The molecule has 2 aliphatic heterocycles. The summed E-state index contributed by atoms with van der Waals surface area (Å²) >= 11 is 0. The molecule has 0 aromatic heterocycles. The number of likely N-dealkylation sites (tertiary alicyclic amines) is 1. The topological polar surface area (TPSA) is 76.1 Å². The number of nitrogens with zero attached hydrogens (tertiary/aromatic N) is 1. The second kappa shape index (κ2) is 6.16. The van der Waals surface area contributed by atoms with Gasteiger partial charge in [0.05, 0.1) is 18.6 Å². The van der Waals surface area contributed by atoms with Crippen LogP contribution in [0.4, 0.5) is 0 Å². The van der Waals surface area contributed by atoms with Crippen molar-refractivity contribution in [3.63, 3.8) is 0 Å². The third-order valence-electron chi connectivity index (χ3n) is 5.46. The molecule has 1 N–H and O–H groups in total. The van der Waals surface area contributed by atoms with Crippen LogP contribution in [0.15, 0.2) is 0 Å². The maximum Gasteiger partial charge on any atom is 0.307 e. The minimum atomic E-state index is -0.687. The molecule has 3 rings (SSSR count). The number of carboxylic acid groups (broad SMARTS) is 1. The molecular formula is C16H25NO5. The van der Waals surface area contributed by atoms with Gasteiger partial charge in [-0.2, -0.15) is 0 Å². The Kier molecular flexibility index (Phi) is 4.41. The van der Waals surface area contributed by atoms with Crippen molar-refractivity contribution in [1.82, 2.24) is 4.90 Å². The molecule has 3 unspecified atom stereocenters. The Balaban J connectivity index is 1.42. The highest BCUT2D eigenvalue weighted by molar-refractivity contribution is 5.81. The molecule has 6 nitrogen and oxygen atoms in total. The van der Waals surface area contributed by atoms with E-state index in [4.69, 9.17) is 14.6 Å². The maximum atomic E-state index is 12.4. The Morgan fingerprint density at radius 1 is 1.41 bits per heavy atom. The number of carbonyl (C=O) groups is 2. The smallest absolute Gasteiger partial charge is 0.307 e. The predicted octanol–water partition coefficient (Wildman–Crippen LogP) is 1.28. The van der Waals surface area contributed by atoms with E-state index in [9.17, 15) is 9.59 Å². The van der Waals surface area contributed by atoms with Crippen molar-refractivity contribution in [3.8, 4) is 0 Å². The van der Waals surface area contributed by atoms with Crippen LogP contribution in [0, 0.1) is 11.3 Å². The van der Waals surface area contributed by atoms with E-state index >= 15 is 0 Å². The van der Waals surface area contributed by atoms with Crippen LogP contribution in [-0.2, 0) is 19.1 Å². The second-order valence-electron chi connectivity index (χ2n) is 6.89. The minimum absolute atomic E-state index is 0.0142. The van der Waals surface area contributed by atoms with Gasteiger partial charge in [-0.15, -0.1) is 0 Å². The average Bonchev–Trinajstić information content (AvgIpc) is 2.97. The van der Waals surface area contributed by atoms with E-state index in [1.807, 2.05) is 4.90 Å². The molecule has 1 amide bonds. The fourth-order valence-corrected chi connectivity index (χ4v) is 3.78. The molecule has 6 heteroatoms. The van der Waals surface area contributed by atoms with Crippen LogP contribution in [0.5, 0.6) is 0 Å². The van der Waals surface area contributed by atoms with Gasteiger partial charge in [-0.05, 0) is 44.4 Å². The molecule has 2 saturated heterocycles. The predicted molar refractivity (Wildman–Crippen MR) is 78.4 cm³/mol. The van der Waals surface area contributed by atoms with Gasteiger partial charge in [-0.25, -0.2) is 0 Å². The molecule has 0 aromatic rings. The van der Waals surface area contributed by atoms with Crippen molar-refractivity contribution >= 4 is 11.9 Å². The molecular weight excluding hydrogens is 286 g/mol. The Hall–Kier alpha value is -1.14. The highest BCUT2D eigenvalue weighted by atomic mass is 16.5. The number of piperidine rings is 1. The Labute approximate surface area is 130 Å². The summed E-state index contributed by atoms with van der Waals surface area (Å²) in [5, 5.41) is 9.10. The highest BCUT2D eigenvalue weighted by Gasteiger charge is 2.59. The van der Waals surface area contributed by atoms with Gasteiger partial charge in [0.1, 0.15) is 6.10 Å². The molecule has 124 valence electrons. The van der Waals surface area contributed by atoms with Crippen molar-refractivity contribution in [1.29, 1.82) is 0 Å². The summed E-state index contributed by atoms with van der Waals surface area (Å²) in [5.41, 5.74) is -0.0373. The quantitative estimate of drug-likeness (QED) is 0.828. The van der Waals surface area contributed by atoms with E-state index in [0.29, 0.717) is 19.7 Å². The molecule has 3 atom stereocenters. The number of ether oxygens (including phenoxy) is 2. The molecule has 1 saturated carbocycles. The van der Waals surface area contributed by atoms with E-state index in [2.05, 4.69) is 0 Å². The molecule has 3 aliphatic rings. The minimum Gasteiger partial charge on any atom is -0.481 e. The van der Waals surface area contributed by atoms with E-state index in [0.717, 1.165) is 38.7 Å². The first-order valence-electron chi connectivity index (χ1n) is 8.27. The Morgan fingerprint density at radius 2 is 2.14 bits per heavy atom. The van der Waals surface area contributed by atoms with Crippen LogP contribution >= 0.6 is 0 Å². The van der Waals surface area contributed by atoms with Crippen LogP contribution in [0.25, 0.3) is 0 Å². The fraction of sp³-hybridized carbons (Fsp3) is 0.875. The Morgan fingerprint density at radius 3 is 2.68 bits per heavy atom. The number of amides is 1. The SMILES string of the molecule is CC(OCC1CCCO1)C(=O)N1CCC2(CC1)CC2C(=O)O. The van der Waals surface area contributed by atoms with Crippen molar-refractivity contribution < 1.29 is 24.2 Å². The van der Waals surface area contributed by atoms with Gasteiger partial charge in [-0.1, -0.05) is 0 Å². The number of hydrogen-bond acceptors (Lipinski definition) is 4. The van der Waals surface area contributed by atoms with E-state index in [1.165, 1.54) is 0 Å². The summed E-state index contributed by atoms with van der Waals surface area (Å²) in [6.45, 7) is 4.35. The zero-order valence-electron chi connectivity index (χ0n) is 13.1. The summed E-state index contributed by atoms with van der Waals surface area (Å²) in [5.74, 6) is -0.869. The third-order valence-corrected chi connectivity index (χ3v) is 5.46. The van der Waals surface area contributed by atoms with Gasteiger partial charge in [0.15, 0.2) is 0 Å². The van der Waals surface area contributed by atoms with Gasteiger partial charge in [0.2, 0.25) is 0 Å².